The molecule has 0 bridgehead atoms. The van der Waals surface area contributed by atoms with Crippen LogP contribution in [0.3, 0.4) is 0 Å². The lowest BCUT2D eigenvalue weighted by Gasteiger charge is -2.21. The molecule has 0 aromatic heterocycles. The SMILES string of the molecule is CC=C(CCCCCCC)C(=O)NC1CCCCCCC1. The molecule has 1 aliphatic rings. The van der Waals surface area contributed by atoms with Gasteiger partial charge in [0, 0.05) is 11.6 Å². The number of nitrogens with one attached hydrogen (secondary N) is 1. The van der Waals surface area contributed by atoms with Crippen LogP contribution in [0.25, 0.3) is 0 Å². The molecule has 1 aliphatic carbocycles. The first-order valence-corrected chi connectivity index (χ1v) is 9.24. The van der Waals surface area contributed by atoms with E-state index in [0.29, 0.717) is 6.04 Å². The van der Waals surface area contributed by atoms with Gasteiger partial charge >= 0.3 is 0 Å². The molecule has 1 saturated carbocycles. The number of unbranched alkanes of at least 4 members (excludes halogenated alkanes) is 4. The van der Waals surface area contributed by atoms with Crippen LogP contribution in [-0.4, -0.2) is 11.9 Å². The van der Waals surface area contributed by atoms with Gasteiger partial charge in [0.25, 0.3) is 0 Å². The molecule has 0 atom stereocenters. The Morgan fingerprint density at radius 2 is 1.62 bits per heavy atom. The van der Waals surface area contributed by atoms with Crippen LogP contribution in [0.4, 0.5) is 0 Å². The molecule has 2 heteroatoms. The average molecular weight is 293 g/mol. The Morgan fingerprint density at radius 1 is 1.00 bits per heavy atom. The van der Waals surface area contributed by atoms with Gasteiger partial charge in [0.2, 0.25) is 5.91 Å². The minimum Gasteiger partial charge on any atom is -0.350 e. The summed E-state index contributed by atoms with van der Waals surface area (Å²) in [5.74, 6) is 0.193. The lowest BCUT2D eigenvalue weighted by atomic mass is 9.96. The minimum atomic E-state index is 0.193. The van der Waals surface area contributed by atoms with Gasteiger partial charge in [-0.05, 0) is 32.6 Å². The maximum atomic E-state index is 12.4. The van der Waals surface area contributed by atoms with Crippen molar-refractivity contribution < 1.29 is 4.79 Å². The van der Waals surface area contributed by atoms with Gasteiger partial charge in [0.1, 0.15) is 0 Å². The summed E-state index contributed by atoms with van der Waals surface area (Å²) in [5, 5.41) is 3.28. The van der Waals surface area contributed by atoms with E-state index >= 15 is 0 Å². The van der Waals surface area contributed by atoms with E-state index in [0.717, 1.165) is 18.4 Å². The Hall–Kier alpha value is -0.790. The molecular weight excluding hydrogens is 258 g/mol. The van der Waals surface area contributed by atoms with Crippen LogP contribution in [0.15, 0.2) is 11.6 Å². The van der Waals surface area contributed by atoms with Crippen LogP contribution in [-0.2, 0) is 4.79 Å². The van der Waals surface area contributed by atoms with Crippen molar-refractivity contribution in [3.05, 3.63) is 11.6 Å². The number of allylic oxidation sites excluding steroid dienone is 1. The zero-order valence-electron chi connectivity index (χ0n) is 14.3. The quantitative estimate of drug-likeness (QED) is 0.463. The summed E-state index contributed by atoms with van der Waals surface area (Å²) >= 11 is 0. The summed E-state index contributed by atoms with van der Waals surface area (Å²) in [7, 11) is 0. The molecule has 0 heterocycles. The molecule has 1 fully saturated rings. The molecular formula is C19H35NO. The number of carbonyl (C=O) groups excluding carboxylic acids is 1. The smallest absolute Gasteiger partial charge is 0.247 e. The molecule has 0 aromatic rings. The first-order chi connectivity index (χ1) is 10.3. The van der Waals surface area contributed by atoms with Crippen molar-refractivity contribution in [2.75, 3.05) is 0 Å². The zero-order valence-corrected chi connectivity index (χ0v) is 14.3. The molecule has 0 radical (unpaired) electrons. The maximum absolute atomic E-state index is 12.4. The van der Waals surface area contributed by atoms with E-state index in [4.69, 9.17) is 0 Å². The van der Waals surface area contributed by atoms with E-state index in [1.807, 2.05) is 13.0 Å². The highest BCUT2D eigenvalue weighted by molar-refractivity contribution is 5.93. The molecule has 0 spiro atoms. The van der Waals surface area contributed by atoms with Crippen molar-refractivity contribution in [2.24, 2.45) is 0 Å². The van der Waals surface area contributed by atoms with Crippen molar-refractivity contribution in [1.82, 2.24) is 5.32 Å². The van der Waals surface area contributed by atoms with E-state index in [-0.39, 0.29) is 5.91 Å². The lowest BCUT2D eigenvalue weighted by Crippen LogP contribution is -2.36. The summed E-state index contributed by atoms with van der Waals surface area (Å²) in [6.45, 7) is 4.24. The third-order valence-electron chi connectivity index (χ3n) is 4.63. The first-order valence-electron chi connectivity index (χ1n) is 9.24. The topological polar surface area (TPSA) is 29.1 Å². The maximum Gasteiger partial charge on any atom is 0.247 e. The van der Waals surface area contributed by atoms with E-state index < -0.39 is 0 Å². The Kier molecular flexibility index (Phi) is 10.3. The van der Waals surface area contributed by atoms with Gasteiger partial charge in [-0.2, -0.15) is 0 Å². The molecule has 21 heavy (non-hydrogen) atoms. The second kappa shape index (κ2) is 11.8. The van der Waals surface area contributed by atoms with E-state index in [2.05, 4.69) is 12.2 Å². The predicted molar refractivity (Wildman–Crippen MR) is 91.4 cm³/mol. The summed E-state index contributed by atoms with van der Waals surface area (Å²) in [6, 6.07) is 0.410. The van der Waals surface area contributed by atoms with Gasteiger partial charge in [-0.15, -0.1) is 0 Å². The number of amides is 1. The van der Waals surface area contributed by atoms with Crippen LogP contribution < -0.4 is 5.32 Å². The van der Waals surface area contributed by atoms with Gasteiger partial charge in [0.15, 0.2) is 0 Å². The second-order valence-electron chi connectivity index (χ2n) is 6.49. The Morgan fingerprint density at radius 3 is 2.24 bits per heavy atom. The Bertz CT molecular complexity index is 301. The molecule has 1 rings (SSSR count). The molecule has 1 N–H and O–H groups in total. The number of hydrogen-bond acceptors (Lipinski definition) is 1. The number of carbonyl (C=O) groups is 1. The highest BCUT2D eigenvalue weighted by Crippen LogP contribution is 2.18. The molecule has 1 amide bonds. The standard InChI is InChI=1S/C19H35NO/c1-3-5-6-8-11-14-17(4-2)19(21)20-18-15-12-9-7-10-13-16-18/h4,18H,3,5-16H2,1-2H3,(H,20,21). The van der Waals surface area contributed by atoms with Gasteiger partial charge in [-0.1, -0.05) is 70.8 Å². The van der Waals surface area contributed by atoms with Crippen LogP contribution in [0, 0.1) is 0 Å². The van der Waals surface area contributed by atoms with Crippen LogP contribution in [0.5, 0.6) is 0 Å². The van der Waals surface area contributed by atoms with Crippen LogP contribution in [0.1, 0.15) is 97.3 Å². The Balaban J connectivity index is 2.29. The van der Waals surface area contributed by atoms with Crippen LogP contribution in [0.2, 0.25) is 0 Å². The fourth-order valence-corrected chi connectivity index (χ4v) is 3.19. The zero-order chi connectivity index (χ0) is 15.3. The predicted octanol–water partition coefficient (Wildman–Crippen LogP) is 5.52. The highest BCUT2D eigenvalue weighted by Gasteiger charge is 2.16. The molecule has 0 unspecified atom stereocenters. The molecule has 0 saturated heterocycles. The van der Waals surface area contributed by atoms with Crippen molar-refractivity contribution >= 4 is 5.91 Å². The number of hydrogen-bond donors (Lipinski definition) is 1. The third-order valence-corrected chi connectivity index (χ3v) is 4.63. The lowest BCUT2D eigenvalue weighted by molar-refractivity contribution is -0.118. The minimum absolute atomic E-state index is 0.193. The Labute approximate surface area is 131 Å². The largest absolute Gasteiger partial charge is 0.350 e. The summed E-state index contributed by atoms with van der Waals surface area (Å²) in [6.07, 6.45) is 18.2. The number of rotatable bonds is 8. The van der Waals surface area contributed by atoms with Crippen molar-refractivity contribution in [3.8, 4) is 0 Å². The monoisotopic (exact) mass is 293 g/mol. The van der Waals surface area contributed by atoms with Crippen molar-refractivity contribution in [2.45, 2.75) is 103 Å². The average Bonchev–Trinajstić information content (AvgIpc) is 2.45. The summed E-state index contributed by atoms with van der Waals surface area (Å²) in [4.78, 5) is 12.4. The van der Waals surface area contributed by atoms with Crippen molar-refractivity contribution in [1.29, 1.82) is 0 Å². The third kappa shape index (κ3) is 8.28. The molecule has 122 valence electrons. The summed E-state index contributed by atoms with van der Waals surface area (Å²) < 4.78 is 0. The second-order valence-corrected chi connectivity index (χ2v) is 6.49. The van der Waals surface area contributed by atoms with Gasteiger partial charge in [-0.3, -0.25) is 4.79 Å². The van der Waals surface area contributed by atoms with E-state index in [9.17, 15) is 4.79 Å². The fraction of sp³-hybridized carbons (Fsp3) is 0.842. The van der Waals surface area contributed by atoms with E-state index in [1.54, 1.807) is 0 Å². The molecule has 2 nitrogen and oxygen atoms in total. The first kappa shape index (κ1) is 18.3. The van der Waals surface area contributed by atoms with Crippen LogP contribution >= 0.6 is 0 Å². The van der Waals surface area contributed by atoms with Crippen molar-refractivity contribution in [3.63, 3.8) is 0 Å². The molecule has 0 aliphatic heterocycles. The van der Waals surface area contributed by atoms with Gasteiger partial charge in [-0.25, -0.2) is 0 Å². The molecule has 0 aromatic carbocycles. The van der Waals surface area contributed by atoms with Gasteiger partial charge in [0.05, 0.1) is 0 Å². The van der Waals surface area contributed by atoms with Gasteiger partial charge < -0.3 is 5.32 Å². The normalized spacial score (nSPS) is 18.1. The summed E-state index contributed by atoms with van der Waals surface area (Å²) in [5.41, 5.74) is 0.994. The van der Waals surface area contributed by atoms with E-state index in [1.165, 1.54) is 70.6 Å². The fourth-order valence-electron chi connectivity index (χ4n) is 3.19. The highest BCUT2D eigenvalue weighted by atomic mass is 16.1.